The monoisotopic (exact) mass is 431 g/mol. The normalized spacial score (nSPS) is 13.2. The molecule has 1 fully saturated rings. The molecule has 2 aromatic heterocycles. The highest BCUT2D eigenvalue weighted by Gasteiger charge is 2.23. The van der Waals surface area contributed by atoms with Crippen molar-refractivity contribution in [2.75, 3.05) is 10.6 Å². The maximum absolute atomic E-state index is 13.9. The number of benzene rings is 1. The molecular formula is C20H20F3N7O. The van der Waals surface area contributed by atoms with Gasteiger partial charge < -0.3 is 16.0 Å². The Labute approximate surface area is 175 Å². The average molecular weight is 431 g/mol. The summed E-state index contributed by atoms with van der Waals surface area (Å²) in [5.74, 6) is -2.71. The van der Waals surface area contributed by atoms with E-state index in [1.165, 1.54) is 10.9 Å². The van der Waals surface area contributed by atoms with Crippen LogP contribution in [-0.4, -0.2) is 31.7 Å². The molecule has 31 heavy (non-hydrogen) atoms. The van der Waals surface area contributed by atoms with Crippen molar-refractivity contribution >= 4 is 23.4 Å². The third-order valence-corrected chi connectivity index (χ3v) is 4.62. The van der Waals surface area contributed by atoms with E-state index < -0.39 is 17.5 Å². The number of hydrogen-bond donors (Lipinski definition) is 3. The van der Waals surface area contributed by atoms with Crippen molar-refractivity contribution in [3.8, 4) is 0 Å². The second kappa shape index (κ2) is 8.62. The first-order valence-corrected chi connectivity index (χ1v) is 9.67. The van der Waals surface area contributed by atoms with Gasteiger partial charge in [-0.2, -0.15) is 10.1 Å². The lowest BCUT2D eigenvalue weighted by atomic mass is 10.2. The number of hydrogen-bond acceptors (Lipinski definition) is 6. The topological polar surface area (TPSA) is 96.8 Å². The van der Waals surface area contributed by atoms with E-state index >= 15 is 0 Å². The molecular weight excluding hydrogens is 411 g/mol. The fourth-order valence-electron chi connectivity index (χ4n) is 2.89. The van der Waals surface area contributed by atoms with Gasteiger partial charge in [0.1, 0.15) is 18.2 Å². The van der Waals surface area contributed by atoms with E-state index in [9.17, 15) is 18.0 Å². The van der Waals surface area contributed by atoms with Crippen LogP contribution in [0.15, 0.2) is 30.7 Å². The van der Waals surface area contributed by atoms with Crippen molar-refractivity contribution in [3.05, 3.63) is 59.3 Å². The third kappa shape index (κ3) is 5.30. The van der Waals surface area contributed by atoms with Gasteiger partial charge in [-0.25, -0.2) is 18.2 Å². The smallest absolute Gasteiger partial charge is 0.241 e. The molecule has 2 heterocycles. The highest BCUT2D eigenvalue weighted by molar-refractivity contribution is 5.76. The quantitative estimate of drug-likeness (QED) is 0.475. The van der Waals surface area contributed by atoms with Gasteiger partial charge in [-0.15, -0.1) is 0 Å². The number of rotatable bonds is 8. The Balaban J connectivity index is 1.40. The van der Waals surface area contributed by atoms with E-state index in [0.29, 0.717) is 23.1 Å². The summed E-state index contributed by atoms with van der Waals surface area (Å²) in [6.07, 6.45) is 6.76. The molecule has 0 unspecified atom stereocenters. The Morgan fingerprint density at radius 2 is 2.03 bits per heavy atom. The lowest BCUT2D eigenvalue weighted by Crippen LogP contribution is -2.29. The van der Waals surface area contributed by atoms with Crippen LogP contribution < -0.4 is 16.0 Å². The SMILES string of the molecule is Cc1cnc(Nc2cnn(CC(=O)NC3CC3)c2)nc1NCc1cc(F)cc(F)c1F. The van der Waals surface area contributed by atoms with Crippen LogP contribution in [0.3, 0.4) is 0 Å². The largest absolute Gasteiger partial charge is 0.365 e. The first-order chi connectivity index (χ1) is 14.9. The molecule has 1 saturated carbocycles. The second-order valence-electron chi connectivity index (χ2n) is 7.33. The summed E-state index contributed by atoms with van der Waals surface area (Å²) in [6, 6.07) is 1.70. The lowest BCUT2D eigenvalue weighted by molar-refractivity contribution is -0.122. The fourth-order valence-corrected chi connectivity index (χ4v) is 2.89. The molecule has 0 saturated heterocycles. The van der Waals surface area contributed by atoms with Crippen molar-refractivity contribution in [2.24, 2.45) is 0 Å². The van der Waals surface area contributed by atoms with Gasteiger partial charge >= 0.3 is 0 Å². The number of anilines is 3. The molecule has 0 aliphatic heterocycles. The van der Waals surface area contributed by atoms with Gasteiger partial charge in [0.2, 0.25) is 11.9 Å². The van der Waals surface area contributed by atoms with Crippen molar-refractivity contribution < 1.29 is 18.0 Å². The van der Waals surface area contributed by atoms with Gasteiger partial charge in [0.05, 0.1) is 11.9 Å². The number of nitrogens with zero attached hydrogens (tertiary/aromatic N) is 4. The summed E-state index contributed by atoms with van der Waals surface area (Å²) in [4.78, 5) is 20.4. The first-order valence-electron chi connectivity index (χ1n) is 9.67. The molecule has 0 atom stereocenters. The zero-order chi connectivity index (χ0) is 22.0. The number of nitrogens with one attached hydrogen (secondary N) is 3. The molecule has 1 aliphatic rings. The average Bonchev–Trinajstić information content (AvgIpc) is 3.42. The van der Waals surface area contributed by atoms with Crippen molar-refractivity contribution in [3.63, 3.8) is 0 Å². The fraction of sp³-hybridized carbons (Fsp3) is 0.300. The third-order valence-electron chi connectivity index (χ3n) is 4.62. The maximum Gasteiger partial charge on any atom is 0.241 e. The van der Waals surface area contributed by atoms with Crippen LogP contribution in [0.5, 0.6) is 0 Å². The van der Waals surface area contributed by atoms with Gasteiger partial charge in [-0.1, -0.05) is 0 Å². The molecule has 0 radical (unpaired) electrons. The minimum atomic E-state index is -1.25. The van der Waals surface area contributed by atoms with Crippen molar-refractivity contribution in [1.82, 2.24) is 25.1 Å². The Bertz CT molecular complexity index is 1110. The molecule has 1 amide bonds. The molecule has 0 bridgehead atoms. The number of carbonyl (C=O) groups is 1. The molecule has 11 heteroatoms. The highest BCUT2D eigenvalue weighted by atomic mass is 19.2. The number of halogens is 3. The van der Waals surface area contributed by atoms with E-state index in [-0.39, 0.29) is 36.6 Å². The Kier molecular flexibility index (Phi) is 5.74. The molecule has 4 rings (SSSR count). The Hall–Kier alpha value is -3.63. The van der Waals surface area contributed by atoms with Crippen LogP contribution in [0.2, 0.25) is 0 Å². The van der Waals surface area contributed by atoms with E-state index in [0.717, 1.165) is 18.9 Å². The van der Waals surface area contributed by atoms with Gasteiger partial charge in [-0.3, -0.25) is 9.48 Å². The Morgan fingerprint density at radius 3 is 2.81 bits per heavy atom. The van der Waals surface area contributed by atoms with Crippen LogP contribution in [-0.2, 0) is 17.9 Å². The van der Waals surface area contributed by atoms with Crippen LogP contribution in [0, 0.1) is 24.4 Å². The number of aromatic nitrogens is 4. The molecule has 162 valence electrons. The first kappa shape index (κ1) is 20.6. The molecule has 8 nitrogen and oxygen atoms in total. The minimum Gasteiger partial charge on any atom is -0.365 e. The summed E-state index contributed by atoms with van der Waals surface area (Å²) >= 11 is 0. The minimum absolute atomic E-state index is 0.101. The lowest BCUT2D eigenvalue weighted by Gasteiger charge is -2.11. The number of aryl methyl sites for hydroxylation is 1. The maximum atomic E-state index is 13.9. The van der Waals surface area contributed by atoms with Gasteiger partial charge in [0.25, 0.3) is 0 Å². The predicted molar refractivity (Wildman–Crippen MR) is 107 cm³/mol. The zero-order valence-electron chi connectivity index (χ0n) is 16.6. The number of carbonyl (C=O) groups excluding carboxylic acids is 1. The molecule has 1 aliphatic carbocycles. The van der Waals surface area contributed by atoms with Gasteiger partial charge in [-0.05, 0) is 25.8 Å². The van der Waals surface area contributed by atoms with E-state index in [4.69, 9.17) is 0 Å². The summed E-state index contributed by atoms with van der Waals surface area (Å²) in [5, 5.41) is 12.9. The van der Waals surface area contributed by atoms with Crippen LogP contribution >= 0.6 is 0 Å². The summed E-state index contributed by atoms with van der Waals surface area (Å²) in [6.45, 7) is 1.69. The number of amides is 1. The van der Waals surface area contributed by atoms with Gasteiger partial charge in [0, 0.05) is 42.2 Å². The molecule has 1 aromatic carbocycles. The van der Waals surface area contributed by atoms with Crippen LogP contribution in [0.4, 0.5) is 30.6 Å². The van der Waals surface area contributed by atoms with Crippen molar-refractivity contribution in [1.29, 1.82) is 0 Å². The van der Waals surface area contributed by atoms with Crippen LogP contribution in [0.1, 0.15) is 24.0 Å². The van der Waals surface area contributed by atoms with E-state index in [2.05, 4.69) is 31.0 Å². The van der Waals surface area contributed by atoms with Crippen LogP contribution in [0.25, 0.3) is 0 Å². The van der Waals surface area contributed by atoms with E-state index in [1.54, 1.807) is 19.3 Å². The molecule has 3 N–H and O–H groups in total. The highest BCUT2D eigenvalue weighted by Crippen LogP contribution is 2.20. The summed E-state index contributed by atoms with van der Waals surface area (Å²) in [7, 11) is 0. The predicted octanol–water partition coefficient (Wildman–Crippen LogP) is 3.03. The standard InChI is InChI=1S/C20H20F3N7O/c1-11-6-25-20(28-15-8-26-30(9-15)10-17(31)27-14-2-3-14)29-19(11)24-7-12-4-13(21)5-16(22)18(12)23/h4-6,8-9,14H,2-3,7,10H2,1H3,(H,27,31)(H2,24,25,28,29). The summed E-state index contributed by atoms with van der Waals surface area (Å²) < 4.78 is 42.1. The van der Waals surface area contributed by atoms with E-state index in [1.807, 2.05) is 0 Å². The van der Waals surface area contributed by atoms with Gasteiger partial charge in [0.15, 0.2) is 11.6 Å². The second-order valence-corrected chi connectivity index (χ2v) is 7.33. The zero-order valence-corrected chi connectivity index (χ0v) is 16.6. The molecule has 3 aromatic rings. The molecule has 0 spiro atoms. The summed E-state index contributed by atoms with van der Waals surface area (Å²) in [5.41, 5.74) is 1.08. The Morgan fingerprint density at radius 1 is 1.23 bits per heavy atom. The van der Waals surface area contributed by atoms with Crippen molar-refractivity contribution in [2.45, 2.75) is 38.9 Å².